The van der Waals surface area contributed by atoms with Gasteiger partial charge in [-0.15, -0.1) is 0 Å². The van der Waals surface area contributed by atoms with Gasteiger partial charge in [-0.3, -0.25) is 0 Å². The van der Waals surface area contributed by atoms with Crippen molar-refractivity contribution in [2.75, 3.05) is 27.2 Å². The van der Waals surface area contributed by atoms with Crippen molar-refractivity contribution in [3.05, 3.63) is 29.3 Å². The molecular formula is C15H24N2O. The number of piperidine rings is 1. The zero-order valence-electron chi connectivity index (χ0n) is 11.6. The number of nitrogens with one attached hydrogen (secondary N) is 2. The second-order valence-corrected chi connectivity index (χ2v) is 5.12. The summed E-state index contributed by atoms with van der Waals surface area (Å²) in [5, 5.41) is 6.96. The summed E-state index contributed by atoms with van der Waals surface area (Å²) in [6.45, 7) is 4.37. The van der Waals surface area contributed by atoms with Crippen LogP contribution in [0.5, 0.6) is 5.75 Å². The van der Waals surface area contributed by atoms with E-state index in [4.69, 9.17) is 4.74 Å². The summed E-state index contributed by atoms with van der Waals surface area (Å²) in [6.07, 6.45) is 2.53. The number of hydrogen-bond acceptors (Lipinski definition) is 3. The van der Waals surface area contributed by atoms with Gasteiger partial charge in [0.2, 0.25) is 0 Å². The monoisotopic (exact) mass is 248 g/mol. The van der Waals surface area contributed by atoms with Crippen LogP contribution in [0.4, 0.5) is 0 Å². The van der Waals surface area contributed by atoms with Gasteiger partial charge in [-0.05, 0) is 51.9 Å². The van der Waals surface area contributed by atoms with Gasteiger partial charge >= 0.3 is 0 Å². The number of hydrogen-bond donors (Lipinski definition) is 2. The van der Waals surface area contributed by atoms with E-state index in [0.717, 1.165) is 18.8 Å². The Balaban J connectivity index is 2.27. The third kappa shape index (κ3) is 2.85. The summed E-state index contributed by atoms with van der Waals surface area (Å²) < 4.78 is 5.51. The molecule has 1 saturated heterocycles. The summed E-state index contributed by atoms with van der Waals surface area (Å²) >= 11 is 0. The van der Waals surface area contributed by atoms with Crippen LogP contribution in [0.3, 0.4) is 0 Å². The molecule has 1 aliphatic rings. The SMILES string of the molecule is CNC(c1cc(C)ccc1OC)C1CCCNC1. The van der Waals surface area contributed by atoms with E-state index in [1.165, 1.54) is 24.0 Å². The fraction of sp³-hybridized carbons (Fsp3) is 0.600. The van der Waals surface area contributed by atoms with Crippen LogP contribution < -0.4 is 15.4 Å². The lowest BCUT2D eigenvalue weighted by Gasteiger charge is -2.32. The normalized spacial score (nSPS) is 21.6. The Kier molecular flexibility index (Phi) is 4.61. The molecule has 0 amide bonds. The minimum atomic E-state index is 0.368. The molecule has 2 N–H and O–H groups in total. The number of ether oxygens (including phenoxy) is 1. The molecular weight excluding hydrogens is 224 g/mol. The van der Waals surface area contributed by atoms with Gasteiger partial charge in [0.1, 0.15) is 5.75 Å². The average Bonchev–Trinajstić information content (AvgIpc) is 2.41. The van der Waals surface area contributed by atoms with Crippen LogP contribution >= 0.6 is 0 Å². The first-order valence-electron chi connectivity index (χ1n) is 6.78. The van der Waals surface area contributed by atoms with E-state index < -0.39 is 0 Å². The summed E-state index contributed by atoms with van der Waals surface area (Å²) in [5.41, 5.74) is 2.57. The quantitative estimate of drug-likeness (QED) is 0.857. The van der Waals surface area contributed by atoms with Gasteiger partial charge in [-0.1, -0.05) is 17.7 Å². The number of methoxy groups -OCH3 is 1. The molecule has 1 fully saturated rings. The molecule has 0 aliphatic carbocycles. The van der Waals surface area contributed by atoms with Crippen LogP contribution in [0.15, 0.2) is 18.2 Å². The van der Waals surface area contributed by atoms with E-state index in [-0.39, 0.29) is 0 Å². The van der Waals surface area contributed by atoms with E-state index in [2.05, 4.69) is 35.8 Å². The fourth-order valence-corrected chi connectivity index (χ4v) is 2.91. The second-order valence-electron chi connectivity index (χ2n) is 5.12. The second kappa shape index (κ2) is 6.21. The number of rotatable bonds is 4. The van der Waals surface area contributed by atoms with E-state index in [1.807, 2.05) is 7.05 Å². The highest BCUT2D eigenvalue weighted by molar-refractivity contribution is 5.39. The summed E-state index contributed by atoms with van der Waals surface area (Å²) in [4.78, 5) is 0. The number of aryl methyl sites for hydroxylation is 1. The van der Waals surface area contributed by atoms with Crippen molar-refractivity contribution in [2.24, 2.45) is 5.92 Å². The summed E-state index contributed by atoms with van der Waals surface area (Å²) in [5.74, 6) is 1.63. The van der Waals surface area contributed by atoms with Gasteiger partial charge in [0.25, 0.3) is 0 Å². The van der Waals surface area contributed by atoms with Crippen LogP contribution in [-0.4, -0.2) is 27.2 Å². The van der Waals surface area contributed by atoms with Gasteiger partial charge in [0.05, 0.1) is 7.11 Å². The highest BCUT2D eigenvalue weighted by Crippen LogP contribution is 2.33. The Hall–Kier alpha value is -1.06. The Labute approximate surface area is 110 Å². The molecule has 0 bridgehead atoms. The van der Waals surface area contributed by atoms with Gasteiger partial charge in [-0.25, -0.2) is 0 Å². The molecule has 2 unspecified atom stereocenters. The zero-order chi connectivity index (χ0) is 13.0. The largest absolute Gasteiger partial charge is 0.496 e. The Morgan fingerprint density at radius 1 is 1.44 bits per heavy atom. The molecule has 0 aromatic heterocycles. The first-order chi connectivity index (χ1) is 8.76. The molecule has 1 aromatic carbocycles. The molecule has 1 aromatic rings. The van der Waals surface area contributed by atoms with Gasteiger partial charge in [0, 0.05) is 11.6 Å². The highest BCUT2D eigenvalue weighted by atomic mass is 16.5. The lowest BCUT2D eigenvalue weighted by atomic mass is 9.86. The lowest BCUT2D eigenvalue weighted by molar-refractivity contribution is 0.290. The molecule has 0 radical (unpaired) electrons. The van der Waals surface area contributed by atoms with E-state index in [0.29, 0.717) is 12.0 Å². The number of benzene rings is 1. The van der Waals surface area contributed by atoms with Crippen LogP contribution in [0.2, 0.25) is 0 Å². The standard InChI is InChI=1S/C15H24N2O/c1-11-6-7-14(18-3)13(9-11)15(16-2)12-5-4-8-17-10-12/h6-7,9,12,15-17H,4-5,8,10H2,1-3H3. The molecule has 1 aliphatic heterocycles. The van der Waals surface area contributed by atoms with Crippen molar-refractivity contribution in [3.63, 3.8) is 0 Å². The maximum absolute atomic E-state index is 5.51. The van der Waals surface area contributed by atoms with E-state index in [1.54, 1.807) is 7.11 Å². The predicted octanol–water partition coefficient (Wildman–Crippen LogP) is 2.26. The van der Waals surface area contributed by atoms with Crippen molar-refractivity contribution in [3.8, 4) is 5.75 Å². The summed E-state index contributed by atoms with van der Waals surface area (Å²) in [6, 6.07) is 6.79. The van der Waals surface area contributed by atoms with Gasteiger partial charge in [-0.2, -0.15) is 0 Å². The molecule has 3 heteroatoms. The molecule has 0 saturated carbocycles. The predicted molar refractivity (Wildman–Crippen MR) is 75.1 cm³/mol. The maximum atomic E-state index is 5.51. The average molecular weight is 248 g/mol. The molecule has 18 heavy (non-hydrogen) atoms. The molecule has 3 nitrogen and oxygen atoms in total. The molecule has 2 atom stereocenters. The molecule has 2 rings (SSSR count). The zero-order valence-corrected chi connectivity index (χ0v) is 11.6. The van der Waals surface area contributed by atoms with Crippen LogP contribution in [-0.2, 0) is 0 Å². The molecule has 0 spiro atoms. The Bertz CT molecular complexity index is 386. The Morgan fingerprint density at radius 2 is 2.28 bits per heavy atom. The summed E-state index contributed by atoms with van der Waals surface area (Å²) in [7, 11) is 3.79. The third-order valence-electron chi connectivity index (χ3n) is 3.84. The third-order valence-corrected chi connectivity index (χ3v) is 3.84. The maximum Gasteiger partial charge on any atom is 0.123 e. The minimum Gasteiger partial charge on any atom is -0.496 e. The van der Waals surface area contributed by atoms with Gasteiger partial charge < -0.3 is 15.4 Å². The van der Waals surface area contributed by atoms with Crippen molar-refractivity contribution in [2.45, 2.75) is 25.8 Å². The van der Waals surface area contributed by atoms with E-state index >= 15 is 0 Å². The topological polar surface area (TPSA) is 33.3 Å². The van der Waals surface area contributed by atoms with Crippen LogP contribution in [0.25, 0.3) is 0 Å². The van der Waals surface area contributed by atoms with Crippen LogP contribution in [0.1, 0.15) is 30.0 Å². The smallest absolute Gasteiger partial charge is 0.123 e. The molecule has 100 valence electrons. The first-order valence-corrected chi connectivity index (χ1v) is 6.78. The van der Waals surface area contributed by atoms with Crippen molar-refractivity contribution in [1.82, 2.24) is 10.6 Å². The fourth-order valence-electron chi connectivity index (χ4n) is 2.91. The van der Waals surface area contributed by atoms with Crippen molar-refractivity contribution in [1.29, 1.82) is 0 Å². The Morgan fingerprint density at radius 3 is 2.89 bits per heavy atom. The minimum absolute atomic E-state index is 0.368. The van der Waals surface area contributed by atoms with Crippen LogP contribution in [0, 0.1) is 12.8 Å². The van der Waals surface area contributed by atoms with Crippen molar-refractivity contribution >= 4 is 0 Å². The van der Waals surface area contributed by atoms with Gasteiger partial charge in [0.15, 0.2) is 0 Å². The lowest BCUT2D eigenvalue weighted by Crippen LogP contribution is -2.37. The highest BCUT2D eigenvalue weighted by Gasteiger charge is 2.25. The first kappa shape index (κ1) is 13.4. The van der Waals surface area contributed by atoms with Crippen molar-refractivity contribution < 1.29 is 4.74 Å². The molecule has 1 heterocycles. The van der Waals surface area contributed by atoms with E-state index in [9.17, 15) is 0 Å².